The molecule has 0 saturated heterocycles. The summed E-state index contributed by atoms with van der Waals surface area (Å²) in [5.41, 5.74) is 7.03. The standard InChI is InChI=1S/C17H17Cl3N2O2/c1-22(11-7-5-10(18)6-8-11)17(21)15(24)9-14(23)16-12(19)3-2-4-13(16)20/h2-8,15,17,24H,9,21H2,1H3. The van der Waals surface area contributed by atoms with Crippen molar-refractivity contribution in [3.63, 3.8) is 0 Å². The van der Waals surface area contributed by atoms with Gasteiger partial charge in [0.2, 0.25) is 0 Å². The molecule has 0 aliphatic carbocycles. The number of nitrogens with zero attached hydrogens (tertiary/aromatic N) is 1. The van der Waals surface area contributed by atoms with Crippen molar-refractivity contribution in [3.05, 3.63) is 63.1 Å². The molecule has 3 N–H and O–H groups in total. The summed E-state index contributed by atoms with van der Waals surface area (Å²) in [7, 11) is 1.73. The lowest BCUT2D eigenvalue weighted by atomic mass is 10.0. The van der Waals surface area contributed by atoms with E-state index in [4.69, 9.17) is 40.5 Å². The lowest BCUT2D eigenvalue weighted by Gasteiger charge is -2.30. The van der Waals surface area contributed by atoms with Crippen LogP contribution in [-0.2, 0) is 0 Å². The highest BCUT2D eigenvalue weighted by Gasteiger charge is 2.25. The van der Waals surface area contributed by atoms with E-state index in [1.807, 2.05) is 0 Å². The fourth-order valence-electron chi connectivity index (χ4n) is 2.28. The summed E-state index contributed by atoms with van der Waals surface area (Å²) < 4.78 is 0. The average Bonchev–Trinajstić information content (AvgIpc) is 2.54. The molecule has 4 nitrogen and oxygen atoms in total. The highest BCUT2D eigenvalue weighted by atomic mass is 35.5. The van der Waals surface area contributed by atoms with Gasteiger partial charge in [-0.25, -0.2) is 0 Å². The molecular formula is C17H17Cl3N2O2. The quantitative estimate of drug-likeness (QED) is 0.581. The average molecular weight is 388 g/mol. The van der Waals surface area contributed by atoms with Gasteiger partial charge in [-0.2, -0.15) is 0 Å². The van der Waals surface area contributed by atoms with E-state index in [1.165, 1.54) is 0 Å². The van der Waals surface area contributed by atoms with E-state index in [1.54, 1.807) is 54.4 Å². The van der Waals surface area contributed by atoms with Crippen molar-refractivity contribution in [2.24, 2.45) is 5.73 Å². The topological polar surface area (TPSA) is 66.6 Å². The molecule has 0 heterocycles. The van der Waals surface area contributed by atoms with E-state index in [2.05, 4.69) is 0 Å². The molecule has 0 radical (unpaired) electrons. The van der Waals surface area contributed by atoms with Gasteiger partial charge in [0.1, 0.15) is 6.17 Å². The third kappa shape index (κ3) is 4.41. The molecule has 0 aromatic heterocycles. The predicted molar refractivity (Wildman–Crippen MR) is 99.2 cm³/mol. The molecule has 0 aliphatic heterocycles. The molecule has 24 heavy (non-hydrogen) atoms. The number of carbonyl (C=O) groups excluding carboxylic acids is 1. The van der Waals surface area contributed by atoms with Crippen LogP contribution in [0.5, 0.6) is 0 Å². The number of hydrogen-bond acceptors (Lipinski definition) is 4. The van der Waals surface area contributed by atoms with Crippen LogP contribution in [0.3, 0.4) is 0 Å². The maximum Gasteiger partial charge on any atom is 0.168 e. The monoisotopic (exact) mass is 386 g/mol. The molecular weight excluding hydrogens is 371 g/mol. The Morgan fingerprint density at radius 1 is 1.12 bits per heavy atom. The van der Waals surface area contributed by atoms with Crippen molar-refractivity contribution in [1.29, 1.82) is 0 Å². The number of aliphatic hydroxyl groups excluding tert-OH is 1. The highest BCUT2D eigenvalue weighted by molar-refractivity contribution is 6.39. The summed E-state index contributed by atoms with van der Waals surface area (Å²) >= 11 is 17.9. The van der Waals surface area contributed by atoms with Gasteiger partial charge in [0.15, 0.2) is 5.78 Å². The van der Waals surface area contributed by atoms with Crippen LogP contribution in [0.4, 0.5) is 5.69 Å². The minimum absolute atomic E-state index is 0.192. The molecule has 0 spiro atoms. The number of carbonyl (C=O) groups is 1. The smallest absolute Gasteiger partial charge is 0.168 e. The van der Waals surface area contributed by atoms with Crippen molar-refractivity contribution < 1.29 is 9.90 Å². The Balaban J connectivity index is 2.09. The van der Waals surface area contributed by atoms with Gasteiger partial charge in [-0.15, -0.1) is 0 Å². The first-order valence-corrected chi connectivity index (χ1v) is 8.34. The molecule has 2 aromatic carbocycles. The fraction of sp³-hybridized carbons (Fsp3) is 0.235. The van der Waals surface area contributed by atoms with E-state index in [0.717, 1.165) is 5.69 Å². The highest BCUT2D eigenvalue weighted by Crippen LogP contribution is 2.26. The van der Waals surface area contributed by atoms with Crippen molar-refractivity contribution in [2.45, 2.75) is 18.7 Å². The van der Waals surface area contributed by atoms with Crippen LogP contribution >= 0.6 is 34.8 Å². The van der Waals surface area contributed by atoms with Gasteiger partial charge in [-0.1, -0.05) is 40.9 Å². The van der Waals surface area contributed by atoms with Crippen LogP contribution in [0.15, 0.2) is 42.5 Å². The number of rotatable bonds is 6. The third-order valence-electron chi connectivity index (χ3n) is 3.71. The molecule has 0 amide bonds. The van der Waals surface area contributed by atoms with Crippen molar-refractivity contribution >= 4 is 46.3 Å². The van der Waals surface area contributed by atoms with Gasteiger partial charge in [0.05, 0.1) is 21.7 Å². The van der Waals surface area contributed by atoms with Crippen LogP contribution in [-0.4, -0.2) is 30.2 Å². The van der Waals surface area contributed by atoms with Gasteiger partial charge in [0, 0.05) is 24.2 Å². The SMILES string of the molecule is CN(c1ccc(Cl)cc1)C(N)C(O)CC(=O)c1c(Cl)cccc1Cl. The van der Waals surface area contributed by atoms with E-state index in [-0.39, 0.29) is 27.8 Å². The summed E-state index contributed by atoms with van der Waals surface area (Å²) in [5, 5.41) is 11.4. The molecule has 0 fully saturated rings. The summed E-state index contributed by atoms with van der Waals surface area (Å²) in [6.45, 7) is 0. The zero-order valence-electron chi connectivity index (χ0n) is 12.9. The zero-order chi connectivity index (χ0) is 17.9. The summed E-state index contributed by atoms with van der Waals surface area (Å²) in [6.07, 6.45) is -2.07. The Morgan fingerprint density at radius 2 is 1.67 bits per heavy atom. The summed E-state index contributed by atoms with van der Waals surface area (Å²) in [5.74, 6) is -0.363. The molecule has 128 valence electrons. The lowest BCUT2D eigenvalue weighted by molar-refractivity contribution is 0.0837. The second-order valence-corrected chi connectivity index (χ2v) is 6.62. The maximum absolute atomic E-state index is 12.4. The Bertz CT molecular complexity index is 702. The predicted octanol–water partition coefficient (Wildman–Crippen LogP) is 4.00. The van der Waals surface area contributed by atoms with E-state index in [9.17, 15) is 9.90 Å². The molecule has 2 atom stereocenters. The van der Waals surface area contributed by atoms with Gasteiger partial charge in [-0.3, -0.25) is 4.79 Å². The summed E-state index contributed by atoms with van der Waals surface area (Å²) in [4.78, 5) is 14.1. The largest absolute Gasteiger partial charge is 0.389 e. The molecule has 0 bridgehead atoms. The van der Waals surface area contributed by atoms with Crippen molar-refractivity contribution in [1.82, 2.24) is 0 Å². The summed E-state index contributed by atoms with van der Waals surface area (Å²) in [6, 6.07) is 11.8. The lowest BCUT2D eigenvalue weighted by Crippen LogP contribution is -2.49. The maximum atomic E-state index is 12.4. The Hall–Kier alpha value is -1.30. The number of benzene rings is 2. The van der Waals surface area contributed by atoms with Gasteiger partial charge in [0.25, 0.3) is 0 Å². The Labute approximate surface area is 155 Å². The minimum Gasteiger partial charge on any atom is -0.389 e. The molecule has 2 aromatic rings. The molecule has 2 rings (SSSR count). The first-order valence-electron chi connectivity index (χ1n) is 7.20. The number of halogens is 3. The third-order valence-corrected chi connectivity index (χ3v) is 4.59. The van der Waals surface area contributed by atoms with E-state index in [0.29, 0.717) is 5.02 Å². The molecule has 0 aliphatic rings. The van der Waals surface area contributed by atoms with Crippen LogP contribution in [0.1, 0.15) is 16.8 Å². The number of ketones is 1. The van der Waals surface area contributed by atoms with Gasteiger partial charge in [-0.05, 0) is 36.4 Å². The normalized spacial score (nSPS) is 13.4. The second kappa shape index (κ2) is 8.19. The van der Waals surface area contributed by atoms with Crippen LogP contribution in [0.2, 0.25) is 15.1 Å². The molecule has 2 unspecified atom stereocenters. The fourth-order valence-corrected chi connectivity index (χ4v) is 3.02. The van der Waals surface area contributed by atoms with Crippen molar-refractivity contribution in [2.75, 3.05) is 11.9 Å². The minimum atomic E-state index is -1.09. The van der Waals surface area contributed by atoms with Crippen LogP contribution in [0, 0.1) is 0 Å². The van der Waals surface area contributed by atoms with Crippen molar-refractivity contribution in [3.8, 4) is 0 Å². The van der Waals surface area contributed by atoms with E-state index < -0.39 is 12.3 Å². The number of nitrogens with two attached hydrogens (primary N) is 1. The number of Topliss-reactive ketones (excluding diaryl/α,β-unsaturated/α-hetero) is 1. The van der Waals surface area contributed by atoms with Crippen LogP contribution in [0.25, 0.3) is 0 Å². The number of hydrogen-bond donors (Lipinski definition) is 2. The number of aliphatic hydroxyl groups is 1. The molecule has 0 saturated carbocycles. The second-order valence-electron chi connectivity index (χ2n) is 5.37. The number of anilines is 1. The van der Waals surface area contributed by atoms with E-state index >= 15 is 0 Å². The van der Waals surface area contributed by atoms with Crippen LogP contribution < -0.4 is 10.6 Å². The first-order chi connectivity index (χ1) is 11.3. The Kier molecular flexibility index (Phi) is 6.49. The zero-order valence-corrected chi connectivity index (χ0v) is 15.2. The Morgan fingerprint density at radius 3 is 2.21 bits per heavy atom. The number of likely N-dealkylation sites (N-methyl/N-ethyl adjacent to an activating group) is 1. The van der Waals surface area contributed by atoms with Gasteiger partial charge < -0.3 is 15.7 Å². The van der Waals surface area contributed by atoms with Gasteiger partial charge >= 0.3 is 0 Å². The first kappa shape index (κ1) is 19.0. The molecule has 7 heteroatoms.